The van der Waals surface area contributed by atoms with Crippen LogP contribution in [0.15, 0.2) is 0 Å². The molecule has 0 aliphatic heterocycles. The van der Waals surface area contributed by atoms with E-state index in [0.29, 0.717) is 0 Å². The third kappa shape index (κ3) is 12.9. The van der Waals surface area contributed by atoms with Gasteiger partial charge in [-0.25, -0.2) is 9.59 Å². The third-order valence-corrected chi connectivity index (χ3v) is 1.86. The summed E-state index contributed by atoms with van der Waals surface area (Å²) in [6, 6.07) is -1.19. The Morgan fingerprint density at radius 3 is 1.67 bits per heavy atom. The Kier molecular flexibility index (Phi) is 10.2. The first kappa shape index (κ1) is 21.5. The lowest BCUT2D eigenvalue weighted by molar-refractivity contribution is -0.143. The Morgan fingerprint density at radius 1 is 1.00 bits per heavy atom. The van der Waals surface area contributed by atoms with Gasteiger partial charge in [0.1, 0.15) is 17.7 Å². The van der Waals surface area contributed by atoms with Crippen molar-refractivity contribution in [2.24, 2.45) is 5.73 Å². The molecule has 0 saturated carbocycles. The van der Waals surface area contributed by atoms with E-state index in [4.69, 9.17) is 10.5 Å². The van der Waals surface area contributed by atoms with Crippen LogP contribution in [0.1, 0.15) is 34.6 Å². The average molecular weight is 306 g/mol. The summed E-state index contributed by atoms with van der Waals surface area (Å²) in [7, 11) is 2.57. The molecule has 0 aromatic heterocycles. The molecule has 8 heteroatoms. The summed E-state index contributed by atoms with van der Waals surface area (Å²) >= 11 is 0. The molecule has 1 amide bonds. The molecule has 0 saturated heterocycles. The van der Waals surface area contributed by atoms with Crippen molar-refractivity contribution in [3.63, 3.8) is 0 Å². The van der Waals surface area contributed by atoms with E-state index in [-0.39, 0.29) is 5.97 Å². The van der Waals surface area contributed by atoms with Crippen molar-refractivity contribution in [1.82, 2.24) is 5.32 Å². The van der Waals surface area contributed by atoms with Crippen LogP contribution < -0.4 is 11.1 Å². The predicted molar refractivity (Wildman–Crippen MR) is 76.5 cm³/mol. The van der Waals surface area contributed by atoms with E-state index in [0.717, 1.165) is 0 Å². The van der Waals surface area contributed by atoms with Crippen LogP contribution in [0.25, 0.3) is 0 Å². The van der Waals surface area contributed by atoms with Gasteiger partial charge in [-0.2, -0.15) is 0 Å². The maximum absolute atomic E-state index is 11.1. The lowest BCUT2D eigenvalue weighted by Crippen LogP contribution is -2.42. The van der Waals surface area contributed by atoms with Gasteiger partial charge in [-0.05, 0) is 34.6 Å². The van der Waals surface area contributed by atoms with E-state index >= 15 is 0 Å². The molecular weight excluding hydrogens is 280 g/mol. The molecule has 0 bridgehead atoms. The maximum atomic E-state index is 11.1. The number of esters is 2. The van der Waals surface area contributed by atoms with E-state index in [1.54, 1.807) is 27.7 Å². The number of carbonyl (C=O) groups is 3. The first-order valence-electron chi connectivity index (χ1n) is 6.35. The van der Waals surface area contributed by atoms with E-state index in [1.807, 2.05) is 0 Å². The topological polar surface area (TPSA) is 117 Å². The lowest BCUT2D eigenvalue weighted by atomic mass is 10.2. The number of alkyl carbamates (subject to hydrolysis) is 1. The van der Waals surface area contributed by atoms with Crippen LogP contribution in [0.5, 0.6) is 0 Å². The van der Waals surface area contributed by atoms with Crippen molar-refractivity contribution in [2.75, 3.05) is 14.2 Å². The van der Waals surface area contributed by atoms with Gasteiger partial charge >= 0.3 is 18.0 Å². The van der Waals surface area contributed by atoms with Gasteiger partial charge in [0.2, 0.25) is 0 Å². The summed E-state index contributed by atoms with van der Waals surface area (Å²) in [5.74, 6) is -0.879. The SMILES string of the molecule is COC(=O)C(C)N.COC(=O)C(C)NC(=O)OC(C)(C)C. The predicted octanol–water partition coefficient (Wildman–Crippen LogP) is 0.579. The summed E-state index contributed by atoms with van der Waals surface area (Å²) in [5.41, 5.74) is 4.50. The fraction of sp³-hybridized carbons (Fsp3) is 0.769. The summed E-state index contributed by atoms with van der Waals surface area (Å²) in [6.07, 6.45) is -0.629. The molecular formula is C13H26N2O6. The molecule has 2 unspecified atom stereocenters. The van der Waals surface area contributed by atoms with Crippen molar-refractivity contribution in [3.8, 4) is 0 Å². The normalized spacial score (nSPS) is 13.0. The van der Waals surface area contributed by atoms with Crippen molar-refractivity contribution < 1.29 is 28.6 Å². The highest BCUT2D eigenvalue weighted by Gasteiger charge is 2.20. The zero-order valence-electron chi connectivity index (χ0n) is 13.7. The number of nitrogens with one attached hydrogen (secondary N) is 1. The fourth-order valence-electron chi connectivity index (χ4n) is 0.906. The van der Waals surface area contributed by atoms with Gasteiger partial charge in [-0.1, -0.05) is 0 Å². The molecule has 124 valence electrons. The first-order chi connectivity index (χ1) is 9.44. The largest absolute Gasteiger partial charge is 0.468 e. The van der Waals surface area contributed by atoms with E-state index < -0.39 is 29.7 Å². The minimum absolute atomic E-state index is 0.375. The lowest BCUT2D eigenvalue weighted by Gasteiger charge is -2.21. The minimum Gasteiger partial charge on any atom is -0.468 e. The van der Waals surface area contributed by atoms with Crippen molar-refractivity contribution >= 4 is 18.0 Å². The molecule has 0 radical (unpaired) electrons. The first-order valence-corrected chi connectivity index (χ1v) is 6.35. The summed E-state index contributed by atoms with van der Waals surface area (Å²) in [5, 5.41) is 2.35. The molecule has 3 N–H and O–H groups in total. The number of methoxy groups -OCH3 is 2. The zero-order chi connectivity index (χ0) is 17.2. The highest BCUT2D eigenvalue weighted by molar-refractivity contribution is 5.80. The average Bonchev–Trinajstić information content (AvgIpc) is 2.34. The standard InChI is InChI=1S/C9H17NO4.C4H9NO2/c1-6(7(11)13-5)10-8(12)14-9(2,3)4;1-3(5)4(6)7-2/h6H,1-5H3,(H,10,12);3H,5H2,1-2H3. The molecule has 0 spiro atoms. The van der Waals surface area contributed by atoms with Gasteiger partial charge in [0.05, 0.1) is 14.2 Å². The number of hydrogen-bond donors (Lipinski definition) is 2. The third-order valence-electron chi connectivity index (χ3n) is 1.86. The van der Waals surface area contributed by atoms with E-state index in [9.17, 15) is 14.4 Å². The highest BCUT2D eigenvalue weighted by atomic mass is 16.6. The van der Waals surface area contributed by atoms with Crippen molar-refractivity contribution in [3.05, 3.63) is 0 Å². The monoisotopic (exact) mass is 306 g/mol. The molecule has 0 aliphatic carbocycles. The Labute approximate surface area is 125 Å². The van der Waals surface area contributed by atoms with Gasteiger partial charge in [-0.15, -0.1) is 0 Å². The molecule has 21 heavy (non-hydrogen) atoms. The minimum atomic E-state index is -0.699. The number of nitrogens with two attached hydrogens (primary N) is 1. The van der Waals surface area contributed by atoms with Crippen LogP contribution in [-0.2, 0) is 23.8 Å². The number of amides is 1. The molecule has 0 fully saturated rings. The van der Waals surface area contributed by atoms with Crippen LogP contribution in [0.2, 0.25) is 0 Å². The smallest absolute Gasteiger partial charge is 0.408 e. The van der Waals surface area contributed by atoms with Crippen LogP contribution in [-0.4, -0.2) is 49.9 Å². The van der Waals surface area contributed by atoms with Gasteiger partial charge in [0.25, 0.3) is 0 Å². The zero-order valence-corrected chi connectivity index (χ0v) is 13.7. The summed E-state index contributed by atoms with van der Waals surface area (Å²) in [6.45, 7) is 8.34. The molecule has 2 atom stereocenters. The number of hydrogen-bond acceptors (Lipinski definition) is 7. The molecule has 0 heterocycles. The highest BCUT2D eigenvalue weighted by Crippen LogP contribution is 2.06. The number of ether oxygens (including phenoxy) is 3. The fourth-order valence-corrected chi connectivity index (χ4v) is 0.906. The van der Waals surface area contributed by atoms with Crippen LogP contribution in [0.3, 0.4) is 0 Å². The van der Waals surface area contributed by atoms with Crippen LogP contribution >= 0.6 is 0 Å². The van der Waals surface area contributed by atoms with Crippen molar-refractivity contribution in [1.29, 1.82) is 0 Å². The molecule has 0 aliphatic rings. The quantitative estimate of drug-likeness (QED) is 0.578. The van der Waals surface area contributed by atoms with Crippen LogP contribution in [0, 0.1) is 0 Å². The Bertz CT molecular complexity index is 349. The van der Waals surface area contributed by atoms with Gasteiger partial charge in [0.15, 0.2) is 0 Å². The number of rotatable bonds is 3. The van der Waals surface area contributed by atoms with Gasteiger partial charge < -0.3 is 25.3 Å². The second-order valence-corrected chi connectivity index (χ2v) is 5.20. The molecule has 0 aromatic rings. The Balaban J connectivity index is 0. The Morgan fingerprint density at radius 2 is 1.43 bits per heavy atom. The summed E-state index contributed by atoms with van der Waals surface area (Å²) in [4.78, 5) is 32.2. The Hall–Kier alpha value is -1.83. The van der Waals surface area contributed by atoms with Gasteiger partial charge in [0, 0.05) is 0 Å². The van der Waals surface area contributed by atoms with E-state index in [1.165, 1.54) is 21.1 Å². The second-order valence-electron chi connectivity index (χ2n) is 5.20. The summed E-state index contributed by atoms with van der Waals surface area (Å²) < 4.78 is 13.6. The molecule has 8 nitrogen and oxygen atoms in total. The van der Waals surface area contributed by atoms with Crippen LogP contribution in [0.4, 0.5) is 4.79 Å². The molecule has 0 aromatic carbocycles. The van der Waals surface area contributed by atoms with Crippen molar-refractivity contribution in [2.45, 2.75) is 52.3 Å². The van der Waals surface area contributed by atoms with E-state index in [2.05, 4.69) is 14.8 Å². The maximum Gasteiger partial charge on any atom is 0.408 e. The molecule has 0 rings (SSSR count). The second kappa shape index (κ2) is 9.98. The number of carbonyl (C=O) groups excluding carboxylic acids is 3. The van der Waals surface area contributed by atoms with Gasteiger partial charge in [-0.3, -0.25) is 4.79 Å².